The molecule has 2 saturated heterocycles. The summed E-state index contributed by atoms with van der Waals surface area (Å²) in [4.78, 5) is 28.6. The third-order valence-corrected chi connectivity index (χ3v) is 15.2. The summed E-state index contributed by atoms with van der Waals surface area (Å²) in [7, 11) is 0. The Morgan fingerprint density at radius 1 is 0.493 bits per heavy atom. The number of phenols is 1. The first-order chi connectivity index (χ1) is 34.7. The average molecular weight is 961 g/mol. The van der Waals surface area contributed by atoms with Crippen molar-refractivity contribution in [1.29, 1.82) is 0 Å². The summed E-state index contributed by atoms with van der Waals surface area (Å²) >= 11 is 0. The molecule has 2 N–H and O–H groups in total. The second kappa shape index (κ2) is 26.1. The number of aromatic hydroxyl groups is 1. The van der Waals surface area contributed by atoms with E-state index in [-0.39, 0.29) is 29.9 Å². The number of aliphatic hydroxyl groups excluding tert-OH is 1. The molecule has 0 unspecified atom stereocenters. The van der Waals surface area contributed by atoms with Gasteiger partial charge in [-0.1, -0.05) is 97.1 Å². The fourth-order valence-corrected chi connectivity index (χ4v) is 11.1. The van der Waals surface area contributed by atoms with E-state index in [0.717, 1.165) is 120 Å². The van der Waals surface area contributed by atoms with E-state index in [1.165, 1.54) is 45.9 Å². The zero-order valence-electron chi connectivity index (χ0n) is 42.1. The number of hydrogen-bond donors (Lipinski definition) is 2. The first kappa shape index (κ1) is 51.6. The normalized spacial score (nSPS) is 21.3. The number of aliphatic hydroxyl groups is 1. The molecule has 0 atom stereocenters. The van der Waals surface area contributed by atoms with E-state index in [1.54, 1.807) is 12.1 Å². The van der Waals surface area contributed by atoms with Crippen LogP contribution >= 0.6 is 0 Å². The van der Waals surface area contributed by atoms with Crippen molar-refractivity contribution >= 4 is 33.5 Å². The quantitative estimate of drug-likeness (QED) is 0.116. The smallest absolute Gasteiger partial charge is 0.309 e. The molecule has 2 saturated carbocycles. The van der Waals surface area contributed by atoms with Crippen LogP contribution in [0.15, 0.2) is 133 Å². The summed E-state index contributed by atoms with van der Waals surface area (Å²) in [6, 6.07) is 46.6. The molecule has 9 heteroatoms. The third-order valence-electron chi connectivity index (χ3n) is 15.2. The number of esters is 2. The van der Waals surface area contributed by atoms with E-state index in [1.807, 2.05) is 19.9 Å². The van der Waals surface area contributed by atoms with Crippen molar-refractivity contribution in [3.8, 4) is 11.5 Å². The minimum absolute atomic E-state index is 0.0277. The van der Waals surface area contributed by atoms with Gasteiger partial charge in [-0.3, -0.25) is 19.4 Å². The second-order valence-electron chi connectivity index (χ2n) is 20.2. The minimum Gasteiger partial charge on any atom is -0.508 e. The number of benzene rings is 6. The van der Waals surface area contributed by atoms with Gasteiger partial charge in [-0.2, -0.15) is 0 Å². The number of nitrogens with zero attached hydrogens (tertiary/aromatic N) is 2. The molecule has 2 aliphatic heterocycles. The Labute approximate surface area is 422 Å². The number of rotatable bonds is 12. The Kier molecular flexibility index (Phi) is 19.0. The van der Waals surface area contributed by atoms with Gasteiger partial charge in [0.05, 0.1) is 37.3 Å². The average Bonchev–Trinajstić information content (AvgIpc) is 3.40. The molecule has 6 aromatic rings. The standard InChI is InChI=1S/C31H37NO3.C19H23NO3.C12H16O/c1-2-34-31(33)26-16-18-32(19-17-26)22-23-8-9-28-21-30(15-12-27(28)20-23)35-29-13-10-25(11-14-29)24-6-4-3-5-7-24;1-2-23-19(22)15-7-9-20(10-8-15)13-14-3-4-17-12-18(21)6-5-16(17)11-14;13-12-8-6-11(7-9-12)10-4-2-1-3-5-10/h3-9,12,15,20-21,25-26,29H,2,10-11,13-14,16-19,22H2,1H3;3-6,11-12,15,21H,2,7-10,13H2,1H3;1-5,11-13H,6-9H2. The number of likely N-dealkylation sites (tertiary alicyclic amines) is 2. The number of ether oxygens (including phenoxy) is 3. The van der Waals surface area contributed by atoms with Crippen LogP contribution in [0.25, 0.3) is 21.5 Å². The molecule has 10 rings (SSSR count). The zero-order valence-corrected chi connectivity index (χ0v) is 42.1. The molecule has 0 bridgehead atoms. The first-order valence-corrected chi connectivity index (χ1v) is 26.7. The van der Waals surface area contributed by atoms with E-state index in [9.17, 15) is 19.8 Å². The van der Waals surface area contributed by atoms with Crippen LogP contribution < -0.4 is 4.74 Å². The van der Waals surface area contributed by atoms with E-state index >= 15 is 0 Å². The predicted molar refractivity (Wildman–Crippen MR) is 285 cm³/mol. The van der Waals surface area contributed by atoms with Crippen LogP contribution in [0.3, 0.4) is 0 Å². The Morgan fingerprint density at radius 2 is 0.915 bits per heavy atom. The van der Waals surface area contributed by atoms with E-state index < -0.39 is 0 Å². The topological polar surface area (TPSA) is 109 Å². The fourth-order valence-electron chi connectivity index (χ4n) is 11.1. The predicted octanol–water partition coefficient (Wildman–Crippen LogP) is 12.7. The number of carbonyl (C=O) groups is 2. The number of phenolic OH excluding ortho intramolecular Hbond substituents is 1. The van der Waals surface area contributed by atoms with Crippen LogP contribution in [0.2, 0.25) is 0 Å². The third kappa shape index (κ3) is 15.1. The van der Waals surface area contributed by atoms with E-state index in [4.69, 9.17) is 14.2 Å². The lowest BCUT2D eigenvalue weighted by molar-refractivity contribution is -0.150. The van der Waals surface area contributed by atoms with Gasteiger partial charge in [0.15, 0.2) is 0 Å². The molecule has 6 aromatic carbocycles. The first-order valence-electron chi connectivity index (χ1n) is 26.7. The summed E-state index contributed by atoms with van der Waals surface area (Å²) in [6.07, 6.45) is 12.7. The molecule has 9 nitrogen and oxygen atoms in total. The van der Waals surface area contributed by atoms with Gasteiger partial charge >= 0.3 is 11.9 Å². The van der Waals surface area contributed by atoms with Crippen molar-refractivity contribution in [2.24, 2.45) is 11.8 Å². The molecule has 0 spiro atoms. The van der Waals surface area contributed by atoms with Gasteiger partial charge in [0, 0.05) is 13.1 Å². The number of hydrogen-bond acceptors (Lipinski definition) is 9. The zero-order chi connectivity index (χ0) is 49.4. The van der Waals surface area contributed by atoms with Crippen LogP contribution in [0.1, 0.15) is 125 Å². The summed E-state index contributed by atoms with van der Waals surface area (Å²) in [5.41, 5.74) is 5.49. The number of fused-ring (bicyclic) bond motifs is 2. The van der Waals surface area contributed by atoms with Crippen LogP contribution in [-0.2, 0) is 32.2 Å². The summed E-state index contributed by atoms with van der Waals surface area (Å²) in [5, 5.41) is 23.6. The lowest BCUT2D eigenvalue weighted by atomic mass is 9.83. The van der Waals surface area contributed by atoms with Gasteiger partial charge in [-0.05, 0) is 209 Å². The van der Waals surface area contributed by atoms with Gasteiger partial charge in [0.25, 0.3) is 0 Å². The molecule has 376 valence electrons. The Hall–Kier alpha value is -5.74. The monoisotopic (exact) mass is 961 g/mol. The number of piperidine rings is 2. The molecule has 2 heterocycles. The van der Waals surface area contributed by atoms with Crippen molar-refractivity contribution < 1.29 is 34.0 Å². The molecule has 0 aromatic heterocycles. The summed E-state index contributed by atoms with van der Waals surface area (Å²) < 4.78 is 16.7. The highest BCUT2D eigenvalue weighted by Gasteiger charge is 2.28. The van der Waals surface area contributed by atoms with Crippen LogP contribution in [0.4, 0.5) is 0 Å². The largest absolute Gasteiger partial charge is 0.508 e. The Bertz CT molecular complexity index is 2570. The van der Waals surface area contributed by atoms with Crippen molar-refractivity contribution in [3.05, 3.63) is 156 Å². The van der Waals surface area contributed by atoms with Crippen LogP contribution in [0, 0.1) is 11.8 Å². The molecule has 0 amide bonds. The fraction of sp³-hybridized carbons (Fsp3) is 0.452. The second-order valence-corrected chi connectivity index (χ2v) is 20.2. The van der Waals surface area contributed by atoms with E-state index in [2.05, 4.69) is 125 Å². The van der Waals surface area contributed by atoms with Gasteiger partial charge in [0.2, 0.25) is 0 Å². The Morgan fingerprint density at radius 3 is 1.39 bits per heavy atom. The molecular weight excluding hydrogens is 885 g/mol. The molecule has 2 aliphatic carbocycles. The maximum atomic E-state index is 12.0. The summed E-state index contributed by atoms with van der Waals surface area (Å²) in [6.45, 7) is 10.2. The minimum atomic E-state index is -0.0438. The van der Waals surface area contributed by atoms with Gasteiger partial charge in [0.1, 0.15) is 11.5 Å². The molecule has 4 aliphatic rings. The maximum absolute atomic E-state index is 12.0. The van der Waals surface area contributed by atoms with Crippen LogP contribution in [0.5, 0.6) is 11.5 Å². The number of carbonyl (C=O) groups excluding carboxylic acids is 2. The molecule has 4 fully saturated rings. The Balaban J connectivity index is 0.000000160. The van der Waals surface area contributed by atoms with Crippen LogP contribution in [-0.4, -0.2) is 83.6 Å². The van der Waals surface area contributed by atoms with Crippen molar-refractivity contribution in [3.63, 3.8) is 0 Å². The van der Waals surface area contributed by atoms with E-state index in [0.29, 0.717) is 36.9 Å². The van der Waals surface area contributed by atoms with Crippen molar-refractivity contribution in [2.75, 3.05) is 39.4 Å². The van der Waals surface area contributed by atoms with Gasteiger partial charge < -0.3 is 24.4 Å². The SMILES string of the molecule is CCOC(=O)C1CCN(Cc2ccc3cc(O)ccc3c2)CC1.CCOC(=O)C1CCN(Cc2ccc3cc(OC4CCC(c5ccccc5)CC4)ccc3c2)CC1.OC1CCC(c2ccccc2)CC1. The highest BCUT2D eigenvalue weighted by atomic mass is 16.5. The summed E-state index contributed by atoms with van der Waals surface area (Å²) in [5.74, 6) is 2.69. The molecular formula is C62H76N2O7. The highest BCUT2D eigenvalue weighted by molar-refractivity contribution is 5.85. The lowest BCUT2D eigenvalue weighted by Crippen LogP contribution is -2.36. The van der Waals surface area contributed by atoms with Crippen molar-refractivity contribution in [1.82, 2.24) is 9.80 Å². The molecule has 71 heavy (non-hydrogen) atoms. The van der Waals surface area contributed by atoms with Gasteiger partial charge in [-0.25, -0.2) is 0 Å². The van der Waals surface area contributed by atoms with Crippen molar-refractivity contribution in [2.45, 2.75) is 128 Å². The lowest BCUT2D eigenvalue weighted by Gasteiger charge is -2.30. The highest BCUT2D eigenvalue weighted by Crippen LogP contribution is 2.36. The maximum Gasteiger partial charge on any atom is 0.309 e. The molecule has 0 radical (unpaired) electrons. The van der Waals surface area contributed by atoms with Gasteiger partial charge in [-0.15, -0.1) is 0 Å².